The Hall–Kier alpha value is -3.54. The summed E-state index contributed by atoms with van der Waals surface area (Å²) in [5.41, 5.74) is 3.96. The van der Waals surface area contributed by atoms with Gasteiger partial charge < -0.3 is 19.6 Å². The van der Waals surface area contributed by atoms with E-state index in [0.717, 1.165) is 27.6 Å². The zero-order valence-corrected chi connectivity index (χ0v) is 19.3. The van der Waals surface area contributed by atoms with Crippen molar-refractivity contribution in [3.05, 3.63) is 70.4 Å². The average molecular weight is 436 g/mol. The van der Waals surface area contributed by atoms with E-state index in [1.807, 2.05) is 51.2 Å². The number of esters is 1. The number of carbonyl (C=O) groups is 2. The van der Waals surface area contributed by atoms with Gasteiger partial charge in [-0.15, -0.1) is 0 Å². The number of aromatic carboxylic acids is 1. The Bertz CT molecular complexity index is 1200. The van der Waals surface area contributed by atoms with Crippen LogP contribution in [0.5, 0.6) is 5.75 Å². The number of rotatable bonds is 6. The van der Waals surface area contributed by atoms with Crippen LogP contribution in [0.2, 0.25) is 0 Å². The van der Waals surface area contributed by atoms with Gasteiger partial charge in [0, 0.05) is 34.2 Å². The quantitative estimate of drug-likeness (QED) is 0.379. The summed E-state index contributed by atoms with van der Waals surface area (Å²) in [6.45, 7) is 9.32. The van der Waals surface area contributed by atoms with Crippen LogP contribution in [0.1, 0.15) is 67.6 Å². The molecule has 1 atom stereocenters. The highest BCUT2D eigenvalue weighted by Gasteiger charge is 2.20. The van der Waals surface area contributed by atoms with Crippen molar-refractivity contribution in [2.45, 2.75) is 46.1 Å². The van der Waals surface area contributed by atoms with Crippen molar-refractivity contribution in [1.82, 2.24) is 4.98 Å². The Morgan fingerprint density at radius 1 is 1.09 bits per heavy atom. The van der Waals surface area contributed by atoms with Gasteiger partial charge in [-0.05, 0) is 69.2 Å². The Morgan fingerprint density at radius 2 is 1.81 bits per heavy atom. The minimum absolute atomic E-state index is 0.0484. The SMILES string of the molecule is COc1cc(C(=O)O)ccc1C(C)c1c[nH]c2ccc(/C=C(\C)C(=O)OC(C)(C)C)cc12. The molecule has 2 aromatic carbocycles. The molecule has 3 aromatic rings. The number of fused-ring (bicyclic) bond motifs is 1. The molecule has 0 saturated heterocycles. The summed E-state index contributed by atoms with van der Waals surface area (Å²) >= 11 is 0. The number of H-pyrrole nitrogens is 1. The molecule has 0 aliphatic rings. The first-order valence-electron chi connectivity index (χ1n) is 10.4. The van der Waals surface area contributed by atoms with E-state index in [-0.39, 0.29) is 17.5 Å². The summed E-state index contributed by atoms with van der Waals surface area (Å²) in [5.74, 6) is -0.855. The second-order valence-electron chi connectivity index (χ2n) is 8.86. The fraction of sp³-hybridized carbons (Fsp3) is 0.308. The molecule has 0 bridgehead atoms. The summed E-state index contributed by atoms with van der Waals surface area (Å²) in [4.78, 5) is 26.9. The summed E-state index contributed by atoms with van der Waals surface area (Å²) in [6.07, 6.45) is 3.77. The third kappa shape index (κ3) is 5.02. The van der Waals surface area contributed by atoms with Gasteiger partial charge in [-0.3, -0.25) is 0 Å². The third-order valence-corrected chi connectivity index (χ3v) is 5.26. The van der Waals surface area contributed by atoms with Crippen LogP contribution in [0.3, 0.4) is 0 Å². The molecule has 1 heterocycles. The van der Waals surface area contributed by atoms with Gasteiger partial charge in [0.2, 0.25) is 0 Å². The number of carboxylic acid groups (broad SMARTS) is 1. The number of aromatic amines is 1. The van der Waals surface area contributed by atoms with E-state index in [0.29, 0.717) is 11.3 Å². The zero-order valence-electron chi connectivity index (χ0n) is 19.3. The molecule has 3 rings (SSSR count). The fourth-order valence-electron chi connectivity index (χ4n) is 3.64. The van der Waals surface area contributed by atoms with E-state index in [9.17, 15) is 14.7 Å². The zero-order chi connectivity index (χ0) is 23.6. The summed E-state index contributed by atoms with van der Waals surface area (Å²) < 4.78 is 10.9. The summed E-state index contributed by atoms with van der Waals surface area (Å²) in [5, 5.41) is 10.3. The predicted molar refractivity (Wildman–Crippen MR) is 125 cm³/mol. The molecule has 1 unspecified atom stereocenters. The molecule has 2 N–H and O–H groups in total. The van der Waals surface area contributed by atoms with E-state index < -0.39 is 11.6 Å². The Kier molecular flexibility index (Phi) is 6.44. The number of nitrogens with one attached hydrogen (secondary N) is 1. The Morgan fingerprint density at radius 3 is 2.44 bits per heavy atom. The highest BCUT2D eigenvalue weighted by atomic mass is 16.6. The van der Waals surface area contributed by atoms with E-state index in [1.165, 1.54) is 7.11 Å². The van der Waals surface area contributed by atoms with Crippen LogP contribution in [0.4, 0.5) is 0 Å². The number of hydrogen-bond donors (Lipinski definition) is 2. The van der Waals surface area contributed by atoms with Crippen LogP contribution in [0.25, 0.3) is 17.0 Å². The fourth-order valence-corrected chi connectivity index (χ4v) is 3.64. The largest absolute Gasteiger partial charge is 0.496 e. The maximum atomic E-state index is 12.3. The van der Waals surface area contributed by atoms with Crippen molar-refractivity contribution in [1.29, 1.82) is 0 Å². The van der Waals surface area contributed by atoms with Gasteiger partial charge in [0.25, 0.3) is 0 Å². The van der Waals surface area contributed by atoms with Crippen molar-refractivity contribution in [3.63, 3.8) is 0 Å². The molecular formula is C26H29NO5. The highest BCUT2D eigenvalue weighted by molar-refractivity contribution is 5.94. The van der Waals surface area contributed by atoms with Gasteiger partial charge in [-0.2, -0.15) is 0 Å². The van der Waals surface area contributed by atoms with Crippen molar-refractivity contribution in [2.75, 3.05) is 7.11 Å². The second kappa shape index (κ2) is 8.91. The van der Waals surface area contributed by atoms with Crippen LogP contribution >= 0.6 is 0 Å². The molecule has 6 heteroatoms. The number of methoxy groups -OCH3 is 1. The van der Waals surface area contributed by atoms with Crippen LogP contribution < -0.4 is 4.74 Å². The molecule has 0 spiro atoms. The predicted octanol–water partition coefficient (Wildman–Crippen LogP) is 5.77. The molecule has 6 nitrogen and oxygen atoms in total. The monoisotopic (exact) mass is 435 g/mol. The van der Waals surface area contributed by atoms with E-state index in [4.69, 9.17) is 9.47 Å². The molecular weight excluding hydrogens is 406 g/mol. The molecule has 0 saturated carbocycles. The second-order valence-corrected chi connectivity index (χ2v) is 8.86. The van der Waals surface area contributed by atoms with E-state index in [2.05, 4.69) is 11.9 Å². The lowest BCUT2D eigenvalue weighted by molar-refractivity contribution is -0.149. The first kappa shape index (κ1) is 23.1. The standard InChI is InChI=1S/C26H29NO5/c1-15(25(30)32-26(3,4)5)11-17-7-10-22-20(12-17)21(14-27-22)16(2)19-9-8-18(24(28)29)13-23(19)31-6/h7-14,16,27H,1-6H3,(H,28,29)/b15-11+. The number of ether oxygens (including phenoxy) is 2. The van der Waals surface area contributed by atoms with Gasteiger partial charge in [0.05, 0.1) is 12.7 Å². The van der Waals surface area contributed by atoms with Gasteiger partial charge in [-0.1, -0.05) is 19.1 Å². The first-order valence-corrected chi connectivity index (χ1v) is 10.4. The molecule has 1 aromatic heterocycles. The number of carbonyl (C=O) groups excluding carboxylic acids is 1. The van der Waals surface area contributed by atoms with Gasteiger partial charge in [0.1, 0.15) is 11.4 Å². The smallest absolute Gasteiger partial charge is 0.335 e. The Balaban J connectivity index is 1.98. The van der Waals surface area contributed by atoms with Crippen molar-refractivity contribution in [2.24, 2.45) is 0 Å². The number of carboxylic acids is 1. The van der Waals surface area contributed by atoms with Crippen LogP contribution in [-0.2, 0) is 9.53 Å². The lowest BCUT2D eigenvalue weighted by Gasteiger charge is -2.19. The Labute approximate surface area is 187 Å². The lowest BCUT2D eigenvalue weighted by atomic mass is 9.91. The third-order valence-electron chi connectivity index (χ3n) is 5.26. The minimum atomic E-state index is -0.994. The van der Waals surface area contributed by atoms with E-state index >= 15 is 0 Å². The molecule has 0 fully saturated rings. The minimum Gasteiger partial charge on any atom is -0.496 e. The van der Waals surface area contributed by atoms with Gasteiger partial charge >= 0.3 is 11.9 Å². The number of benzene rings is 2. The summed E-state index contributed by atoms with van der Waals surface area (Å²) in [7, 11) is 1.54. The maximum Gasteiger partial charge on any atom is 0.335 e. The average Bonchev–Trinajstić information content (AvgIpc) is 3.14. The van der Waals surface area contributed by atoms with Gasteiger partial charge in [0.15, 0.2) is 0 Å². The molecule has 168 valence electrons. The van der Waals surface area contributed by atoms with Crippen molar-refractivity contribution < 1.29 is 24.2 Å². The molecule has 0 radical (unpaired) electrons. The highest BCUT2D eigenvalue weighted by Crippen LogP contribution is 2.36. The van der Waals surface area contributed by atoms with Crippen LogP contribution in [0.15, 0.2) is 48.2 Å². The van der Waals surface area contributed by atoms with Crippen LogP contribution in [-0.4, -0.2) is 34.7 Å². The normalized spacial score (nSPS) is 13.1. The number of aromatic nitrogens is 1. The maximum absolute atomic E-state index is 12.3. The lowest BCUT2D eigenvalue weighted by Crippen LogP contribution is -2.24. The molecule has 0 amide bonds. The van der Waals surface area contributed by atoms with Gasteiger partial charge in [-0.25, -0.2) is 9.59 Å². The molecule has 32 heavy (non-hydrogen) atoms. The number of hydrogen-bond acceptors (Lipinski definition) is 4. The van der Waals surface area contributed by atoms with Crippen molar-refractivity contribution >= 4 is 28.9 Å². The topological polar surface area (TPSA) is 88.6 Å². The van der Waals surface area contributed by atoms with E-state index in [1.54, 1.807) is 25.1 Å². The first-order chi connectivity index (χ1) is 15.0. The molecule has 0 aliphatic carbocycles. The van der Waals surface area contributed by atoms with Crippen LogP contribution in [0, 0.1) is 0 Å². The van der Waals surface area contributed by atoms with Crippen molar-refractivity contribution in [3.8, 4) is 5.75 Å². The molecule has 0 aliphatic heterocycles. The summed E-state index contributed by atoms with van der Waals surface area (Å²) in [6, 6.07) is 10.9.